The molecule has 3 heterocycles. The Hall–Kier alpha value is -3.58. The Balaban J connectivity index is 2.05. The third-order valence-electron chi connectivity index (χ3n) is 5.18. The standard InChI is InChI=1S/C24H21ClN4O3/c1-24(2,3)21(23(31)32)29-13-27-20-17(22(29)30)11-18(14-6-8-16(25)9-7-14)28-19(20)15-5-4-10-26-12-15/h4-13,21H,1-3H3,(H,31,32). The van der Waals surface area contributed by atoms with Crippen molar-refractivity contribution in [1.82, 2.24) is 19.5 Å². The number of benzene rings is 1. The van der Waals surface area contributed by atoms with Crippen LogP contribution in [0.1, 0.15) is 26.8 Å². The van der Waals surface area contributed by atoms with Crippen molar-refractivity contribution in [1.29, 1.82) is 0 Å². The number of carboxylic acids is 1. The summed E-state index contributed by atoms with van der Waals surface area (Å²) in [5, 5.41) is 10.7. The normalized spacial score (nSPS) is 12.6. The summed E-state index contributed by atoms with van der Waals surface area (Å²) in [4.78, 5) is 39.0. The number of hydrogen-bond acceptors (Lipinski definition) is 5. The van der Waals surface area contributed by atoms with Crippen molar-refractivity contribution in [2.24, 2.45) is 5.41 Å². The molecule has 0 amide bonds. The number of aromatic nitrogens is 4. The van der Waals surface area contributed by atoms with E-state index in [1.807, 2.05) is 18.2 Å². The number of carboxylic acid groups (broad SMARTS) is 1. The van der Waals surface area contributed by atoms with Crippen molar-refractivity contribution in [2.75, 3.05) is 0 Å². The van der Waals surface area contributed by atoms with E-state index in [1.54, 1.807) is 57.4 Å². The predicted octanol–water partition coefficient (Wildman–Crippen LogP) is 4.85. The molecule has 0 bridgehead atoms. The van der Waals surface area contributed by atoms with Gasteiger partial charge in [-0.2, -0.15) is 0 Å². The topological polar surface area (TPSA) is 98.0 Å². The lowest BCUT2D eigenvalue weighted by molar-refractivity contribution is -0.144. The fourth-order valence-electron chi connectivity index (χ4n) is 3.71. The van der Waals surface area contributed by atoms with E-state index in [0.717, 1.165) is 5.56 Å². The second kappa shape index (κ2) is 8.16. The minimum absolute atomic E-state index is 0.279. The quantitative estimate of drug-likeness (QED) is 0.479. The van der Waals surface area contributed by atoms with Gasteiger partial charge in [-0.1, -0.05) is 44.5 Å². The summed E-state index contributed by atoms with van der Waals surface area (Å²) in [6, 6.07) is 11.3. The third-order valence-corrected chi connectivity index (χ3v) is 5.43. The molecule has 4 aromatic rings. The molecule has 4 rings (SSSR count). The Morgan fingerprint density at radius 3 is 2.44 bits per heavy atom. The summed E-state index contributed by atoms with van der Waals surface area (Å²) in [7, 11) is 0. The van der Waals surface area contributed by atoms with Gasteiger partial charge in [0.2, 0.25) is 0 Å². The van der Waals surface area contributed by atoms with E-state index in [1.165, 1.54) is 10.9 Å². The van der Waals surface area contributed by atoms with Gasteiger partial charge in [-0.15, -0.1) is 0 Å². The number of fused-ring (bicyclic) bond motifs is 1. The van der Waals surface area contributed by atoms with Crippen molar-refractivity contribution in [3.8, 4) is 22.5 Å². The Kier molecular flexibility index (Phi) is 5.52. The molecule has 8 heteroatoms. The van der Waals surface area contributed by atoms with E-state index in [2.05, 4.69) is 9.97 Å². The summed E-state index contributed by atoms with van der Waals surface area (Å²) in [6.45, 7) is 5.32. The zero-order valence-electron chi connectivity index (χ0n) is 17.8. The predicted molar refractivity (Wildman–Crippen MR) is 124 cm³/mol. The van der Waals surface area contributed by atoms with Crippen molar-refractivity contribution in [3.63, 3.8) is 0 Å². The molecule has 7 nitrogen and oxygen atoms in total. The molecular formula is C24H21ClN4O3. The Bertz CT molecular complexity index is 1360. The highest BCUT2D eigenvalue weighted by Gasteiger charge is 2.34. The number of hydrogen-bond donors (Lipinski definition) is 1. The zero-order chi connectivity index (χ0) is 23.0. The number of aliphatic carboxylic acids is 1. The number of halogens is 1. The maximum atomic E-state index is 13.5. The van der Waals surface area contributed by atoms with Crippen molar-refractivity contribution < 1.29 is 9.90 Å². The molecule has 1 N–H and O–H groups in total. The van der Waals surface area contributed by atoms with Gasteiger partial charge < -0.3 is 5.11 Å². The second-order valence-electron chi connectivity index (χ2n) is 8.56. The van der Waals surface area contributed by atoms with Crippen LogP contribution in [0.3, 0.4) is 0 Å². The van der Waals surface area contributed by atoms with Crippen LogP contribution in [0.15, 0.2) is 66.0 Å². The highest BCUT2D eigenvalue weighted by atomic mass is 35.5. The molecule has 0 fully saturated rings. The van der Waals surface area contributed by atoms with Gasteiger partial charge in [-0.3, -0.25) is 14.3 Å². The van der Waals surface area contributed by atoms with Gasteiger partial charge in [0.1, 0.15) is 11.6 Å². The van der Waals surface area contributed by atoms with Crippen LogP contribution < -0.4 is 5.56 Å². The van der Waals surface area contributed by atoms with Gasteiger partial charge in [0, 0.05) is 28.5 Å². The van der Waals surface area contributed by atoms with Crippen LogP contribution >= 0.6 is 11.6 Å². The molecule has 1 aromatic carbocycles. The second-order valence-corrected chi connectivity index (χ2v) is 9.00. The van der Waals surface area contributed by atoms with Crippen LogP contribution in [-0.2, 0) is 4.79 Å². The maximum absolute atomic E-state index is 13.5. The average molecular weight is 449 g/mol. The SMILES string of the molecule is CC(C)(C)C(C(=O)O)n1cnc2c(-c3cccnc3)nc(-c3ccc(Cl)cc3)cc2c1=O. The molecule has 1 atom stereocenters. The monoisotopic (exact) mass is 448 g/mol. The van der Waals surface area contributed by atoms with Crippen LogP contribution in [0, 0.1) is 5.41 Å². The van der Waals surface area contributed by atoms with Gasteiger partial charge in [-0.25, -0.2) is 14.8 Å². The first-order valence-electron chi connectivity index (χ1n) is 9.98. The summed E-state index contributed by atoms with van der Waals surface area (Å²) >= 11 is 6.03. The highest BCUT2D eigenvalue weighted by molar-refractivity contribution is 6.30. The van der Waals surface area contributed by atoms with Crippen LogP contribution in [-0.4, -0.2) is 30.6 Å². The van der Waals surface area contributed by atoms with Crippen LogP contribution in [0.25, 0.3) is 33.4 Å². The van der Waals surface area contributed by atoms with E-state index >= 15 is 0 Å². The van der Waals surface area contributed by atoms with Crippen molar-refractivity contribution in [2.45, 2.75) is 26.8 Å². The Morgan fingerprint density at radius 2 is 1.84 bits per heavy atom. The number of rotatable bonds is 4. The number of pyridine rings is 2. The first kappa shape index (κ1) is 21.6. The molecule has 162 valence electrons. The maximum Gasteiger partial charge on any atom is 0.327 e. The minimum Gasteiger partial charge on any atom is -0.480 e. The van der Waals surface area contributed by atoms with Crippen LogP contribution in [0.2, 0.25) is 5.02 Å². The fraction of sp³-hybridized carbons (Fsp3) is 0.208. The Labute approximate surface area is 189 Å². The van der Waals surface area contributed by atoms with Gasteiger partial charge in [0.05, 0.1) is 23.1 Å². The van der Waals surface area contributed by atoms with Crippen molar-refractivity contribution in [3.05, 3.63) is 76.6 Å². The molecule has 1 unspecified atom stereocenters. The third kappa shape index (κ3) is 3.99. The van der Waals surface area contributed by atoms with Gasteiger partial charge in [-0.05, 0) is 35.7 Å². The van der Waals surface area contributed by atoms with E-state index in [0.29, 0.717) is 27.5 Å². The van der Waals surface area contributed by atoms with Crippen LogP contribution in [0.4, 0.5) is 0 Å². The Morgan fingerprint density at radius 1 is 1.12 bits per heavy atom. The molecule has 0 spiro atoms. The van der Waals surface area contributed by atoms with Crippen LogP contribution in [0.5, 0.6) is 0 Å². The largest absolute Gasteiger partial charge is 0.480 e. The summed E-state index contributed by atoms with van der Waals surface area (Å²) < 4.78 is 1.18. The molecule has 0 aliphatic carbocycles. The lowest BCUT2D eigenvalue weighted by Gasteiger charge is -2.28. The fourth-order valence-corrected chi connectivity index (χ4v) is 3.83. The number of nitrogens with zero attached hydrogens (tertiary/aromatic N) is 4. The number of carbonyl (C=O) groups is 1. The summed E-state index contributed by atoms with van der Waals surface area (Å²) in [5.41, 5.74) is 1.74. The smallest absolute Gasteiger partial charge is 0.327 e. The van der Waals surface area contributed by atoms with E-state index in [4.69, 9.17) is 16.6 Å². The van der Waals surface area contributed by atoms with Gasteiger partial charge in [0.25, 0.3) is 5.56 Å². The lowest BCUT2D eigenvalue weighted by Crippen LogP contribution is -2.38. The molecular weight excluding hydrogens is 428 g/mol. The first-order chi connectivity index (χ1) is 15.2. The molecule has 0 saturated heterocycles. The zero-order valence-corrected chi connectivity index (χ0v) is 18.5. The molecule has 0 saturated carbocycles. The molecule has 0 aliphatic heterocycles. The van der Waals surface area contributed by atoms with Crippen molar-refractivity contribution >= 4 is 28.5 Å². The highest BCUT2D eigenvalue weighted by Crippen LogP contribution is 2.32. The molecule has 0 aliphatic rings. The molecule has 3 aromatic heterocycles. The first-order valence-corrected chi connectivity index (χ1v) is 10.4. The van der Waals surface area contributed by atoms with E-state index in [9.17, 15) is 14.7 Å². The van der Waals surface area contributed by atoms with E-state index < -0.39 is 23.0 Å². The lowest BCUT2D eigenvalue weighted by atomic mass is 9.86. The average Bonchev–Trinajstić information content (AvgIpc) is 2.75. The summed E-state index contributed by atoms with van der Waals surface area (Å²) in [5.74, 6) is -1.10. The minimum atomic E-state index is -1.10. The summed E-state index contributed by atoms with van der Waals surface area (Å²) in [6.07, 6.45) is 4.59. The molecule has 32 heavy (non-hydrogen) atoms. The van der Waals surface area contributed by atoms with E-state index in [-0.39, 0.29) is 5.39 Å². The van der Waals surface area contributed by atoms with Gasteiger partial charge in [0.15, 0.2) is 0 Å². The molecule has 0 radical (unpaired) electrons. The van der Waals surface area contributed by atoms with Gasteiger partial charge >= 0.3 is 5.97 Å².